The SMILES string of the molecule is CC(Cl)c1nc2cc(I)ccc2n1C1(C)CC1. The average molecular weight is 361 g/mol. The van der Waals surface area contributed by atoms with E-state index >= 15 is 0 Å². The first-order valence-electron chi connectivity index (χ1n) is 5.84. The normalized spacial score (nSPS) is 19.5. The standard InChI is InChI=1S/C13H14ClIN2/c1-8(14)12-16-10-7-9(15)3-4-11(10)17(12)13(2)5-6-13/h3-4,7-8H,5-6H2,1-2H3. The van der Waals surface area contributed by atoms with Crippen LogP contribution in [0.15, 0.2) is 18.2 Å². The molecule has 0 bridgehead atoms. The predicted octanol–water partition coefficient (Wildman–Crippen LogP) is 4.45. The van der Waals surface area contributed by atoms with Gasteiger partial charge in [0.1, 0.15) is 5.82 Å². The first-order chi connectivity index (χ1) is 8.01. The second kappa shape index (κ2) is 3.85. The summed E-state index contributed by atoms with van der Waals surface area (Å²) in [5, 5.41) is -0.0440. The summed E-state index contributed by atoms with van der Waals surface area (Å²) in [7, 11) is 0. The van der Waals surface area contributed by atoms with Gasteiger partial charge in [-0.15, -0.1) is 11.6 Å². The van der Waals surface area contributed by atoms with Crippen molar-refractivity contribution in [1.82, 2.24) is 9.55 Å². The van der Waals surface area contributed by atoms with E-state index in [-0.39, 0.29) is 10.9 Å². The van der Waals surface area contributed by atoms with E-state index in [0.29, 0.717) is 0 Å². The molecule has 1 saturated carbocycles. The van der Waals surface area contributed by atoms with Crippen molar-refractivity contribution in [3.05, 3.63) is 27.6 Å². The third-order valence-corrected chi connectivity index (χ3v) is 4.38. The highest BCUT2D eigenvalue weighted by Gasteiger charge is 2.42. The largest absolute Gasteiger partial charge is 0.321 e. The van der Waals surface area contributed by atoms with E-state index < -0.39 is 0 Å². The van der Waals surface area contributed by atoms with Crippen LogP contribution in [0.2, 0.25) is 0 Å². The summed E-state index contributed by atoms with van der Waals surface area (Å²) in [5.74, 6) is 1.00. The molecule has 90 valence electrons. The molecule has 1 fully saturated rings. The van der Waals surface area contributed by atoms with Crippen molar-refractivity contribution in [2.24, 2.45) is 0 Å². The third kappa shape index (κ3) is 1.87. The Morgan fingerprint density at radius 3 is 2.76 bits per heavy atom. The summed E-state index contributed by atoms with van der Waals surface area (Å²) in [6.07, 6.45) is 2.45. The molecule has 4 heteroatoms. The number of hydrogen-bond acceptors (Lipinski definition) is 1. The van der Waals surface area contributed by atoms with Crippen LogP contribution in [0.25, 0.3) is 11.0 Å². The van der Waals surface area contributed by atoms with Gasteiger partial charge in [0.15, 0.2) is 0 Å². The molecule has 1 atom stereocenters. The van der Waals surface area contributed by atoms with Gasteiger partial charge in [0.2, 0.25) is 0 Å². The molecule has 0 saturated heterocycles. The lowest BCUT2D eigenvalue weighted by Gasteiger charge is -2.17. The third-order valence-electron chi connectivity index (χ3n) is 3.51. The lowest BCUT2D eigenvalue weighted by molar-refractivity contribution is 0.522. The van der Waals surface area contributed by atoms with Gasteiger partial charge in [0, 0.05) is 9.11 Å². The number of benzene rings is 1. The molecule has 1 aromatic carbocycles. The van der Waals surface area contributed by atoms with Gasteiger partial charge in [-0.05, 0) is 67.5 Å². The predicted molar refractivity (Wildman–Crippen MR) is 79.6 cm³/mol. The van der Waals surface area contributed by atoms with E-state index in [2.05, 4.69) is 52.3 Å². The molecule has 2 aromatic rings. The molecule has 0 aliphatic heterocycles. The zero-order chi connectivity index (χ0) is 12.2. The number of halogens is 2. The monoisotopic (exact) mass is 360 g/mol. The van der Waals surface area contributed by atoms with Gasteiger partial charge in [-0.3, -0.25) is 0 Å². The van der Waals surface area contributed by atoms with Crippen LogP contribution in [-0.4, -0.2) is 9.55 Å². The number of aromatic nitrogens is 2. The van der Waals surface area contributed by atoms with Crippen molar-refractivity contribution in [2.75, 3.05) is 0 Å². The molecule has 1 heterocycles. The smallest absolute Gasteiger partial charge is 0.128 e. The minimum Gasteiger partial charge on any atom is -0.321 e. The first kappa shape index (κ1) is 11.8. The van der Waals surface area contributed by atoms with Crippen molar-refractivity contribution >= 4 is 45.2 Å². The van der Waals surface area contributed by atoms with Gasteiger partial charge >= 0.3 is 0 Å². The highest BCUT2D eigenvalue weighted by atomic mass is 127. The molecule has 0 amide bonds. The number of alkyl halides is 1. The zero-order valence-corrected chi connectivity index (χ0v) is 12.8. The Morgan fingerprint density at radius 1 is 1.47 bits per heavy atom. The quantitative estimate of drug-likeness (QED) is 0.571. The summed E-state index contributed by atoms with van der Waals surface area (Å²) >= 11 is 8.59. The van der Waals surface area contributed by atoms with Crippen molar-refractivity contribution in [2.45, 2.75) is 37.6 Å². The molecule has 1 unspecified atom stereocenters. The van der Waals surface area contributed by atoms with Crippen LogP contribution in [0.1, 0.15) is 37.9 Å². The topological polar surface area (TPSA) is 17.8 Å². The molecule has 3 rings (SSSR count). The van der Waals surface area contributed by atoms with Crippen molar-refractivity contribution in [3.8, 4) is 0 Å². The molecule has 1 aromatic heterocycles. The lowest BCUT2D eigenvalue weighted by Crippen LogP contribution is -2.16. The Bertz CT molecular complexity index is 584. The first-order valence-corrected chi connectivity index (χ1v) is 7.35. The lowest BCUT2D eigenvalue weighted by atomic mass is 10.2. The zero-order valence-electron chi connectivity index (χ0n) is 9.87. The van der Waals surface area contributed by atoms with Gasteiger partial charge in [-0.1, -0.05) is 0 Å². The second-order valence-corrected chi connectivity index (χ2v) is 6.95. The number of imidazole rings is 1. The van der Waals surface area contributed by atoms with Crippen LogP contribution in [0.5, 0.6) is 0 Å². The number of fused-ring (bicyclic) bond motifs is 1. The van der Waals surface area contributed by atoms with Crippen LogP contribution >= 0.6 is 34.2 Å². The fourth-order valence-electron chi connectivity index (χ4n) is 2.31. The van der Waals surface area contributed by atoms with Crippen molar-refractivity contribution in [1.29, 1.82) is 0 Å². The maximum absolute atomic E-state index is 6.27. The van der Waals surface area contributed by atoms with E-state index in [4.69, 9.17) is 16.6 Å². The van der Waals surface area contributed by atoms with Gasteiger partial charge in [-0.2, -0.15) is 0 Å². The summed E-state index contributed by atoms with van der Waals surface area (Å²) in [6, 6.07) is 6.42. The Labute approximate surface area is 120 Å². The van der Waals surface area contributed by atoms with Gasteiger partial charge in [-0.25, -0.2) is 4.98 Å². The van der Waals surface area contributed by atoms with Crippen LogP contribution in [0, 0.1) is 3.57 Å². The van der Waals surface area contributed by atoms with Crippen molar-refractivity contribution in [3.63, 3.8) is 0 Å². The molecule has 1 aliphatic rings. The van der Waals surface area contributed by atoms with Gasteiger partial charge in [0.05, 0.1) is 16.4 Å². The van der Waals surface area contributed by atoms with Crippen LogP contribution in [0.3, 0.4) is 0 Å². The summed E-state index contributed by atoms with van der Waals surface area (Å²) < 4.78 is 3.56. The van der Waals surface area contributed by atoms with E-state index in [1.165, 1.54) is 21.9 Å². The Kier molecular flexibility index (Phi) is 2.67. The molecule has 1 aliphatic carbocycles. The summed E-state index contributed by atoms with van der Waals surface area (Å²) in [6.45, 7) is 4.28. The molecule has 0 spiro atoms. The van der Waals surface area contributed by atoms with E-state index in [0.717, 1.165) is 11.3 Å². The maximum atomic E-state index is 6.27. The number of rotatable bonds is 2. The number of hydrogen-bond donors (Lipinski definition) is 0. The molecular weight excluding hydrogens is 347 g/mol. The highest BCUT2D eigenvalue weighted by molar-refractivity contribution is 14.1. The molecule has 17 heavy (non-hydrogen) atoms. The van der Waals surface area contributed by atoms with Crippen LogP contribution in [-0.2, 0) is 5.54 Å². The van der Waals surface area contributed by atoms with Gasteiger partial charge in [0.25, 0.3) is 0 Å². The fraction of sp³-hybridized carbons (Fsp3) is 0.462. The van der Waals surface area contributed by atoms with Gasteiger partial charge < -0.3 is 4.57 Å². The van der Waals surface area contributed by atoms with E-state index in [9.17, 15) is 0 Å². The molecule has 0 radical (unpaired) electrons. The average Bonchev–Trinajstić information content (AvgIpc) is 2.88. The fourth-order valence-corrected chi connectivity index (χ4v) is 2.93. The second-order valence-electron chi connectivity index (χ2n) is 5.05. The highest BCUT2D eigenvalue weighted by Crippen LogP contribution is 2.46. The Morgan fingerprint density at radius 2 is 2.18 bits per heavy atom. The minimum atomic E-state index is -0.0440. The van der Waals surface area contributed by atoms with Crippen LogP contribution < -0.4 is 0 Å². The van der Waals surface area contributed by atoms with E-state index in [1.54, 1.807) is 0 Å². The molecule has 2 nitrogen and oxygen atoms in total. The van der Waals surface area contributed by atoms with Crippen molar-refractivity contribution < 1.29 is 0 Å². The Balaban J connectivity index is 2.32. The molecule has 0 N–H and O–H groups in total. The van der Waals surface area contributed by atoms with E-state index in [1.807, 2.05) is 6.92 Å². The summed E-state index contributed by atoms with van der Waals surface area (Å²) in [4.78, 5) is 4.71. The Hall–Kier alpha value is -0.290. The van der Waals surface area contributed by atoms with Crippen LogP contribution in [0.4, 0.5) is 0 Å². The summed E-state index contributed by atoms with van der Waals surface area (Å²) in [5.41, 5.74) is 2.51. The molecular formula is C13H14ClIN2. The maximum Gasteiger partial charge on any atom is 0.128 e. The number of nitrogens with zero attached hydrogens (tertiary/aromatic N) is 2. The minimum absolute atomic E-state index is 0.0440.